The maximum Gasteiger partial charge on any atom is 0.416 e. The number of halogens is 3. The van der Waals surface area contributed by atoms with E-state index in [0.29, 0.717) is 0 Å². The number of benzene rings is 2. The quantitative estimate of drug-likeness (QED) is 0.669. The van der Waals surface area contributed by atoms with E-state index in [2.05, 4.69) is 31.3 Å². The molecule has 0 saturated carbocycles. The molecule has 0 unspecified atom stereocenters. The summed E-state index contributed by atoms with van der Waals surface area (Å²) in [5.41, 5.74) is 1.50. The van der Waals surface area contributed by atoms with Crippen molar-refractivity contribution in [2.45, 2.75) is 19.3 Å². The summed E-state index contributed by atoms with van der Waals surface area (Å²) in [7, 11) is -1.81. The lowest BCUT2D eigenvalue weighted by Crippen LogP contribution is -2.40. The predicted octanol–water partition coefficient (Wildman–Crippen LogP) is 4.71. The Hall–Kier alpha value is -1.81. The van der Waals surface area contributed by atoms with Crippen LogP contribution >= 0.6 is 0 Å². The monoisotopic (exact) mass is 304 g/mol. The molecular weight excluding hydrogens is 289 g/mol. The fourth-order valence-corrected chi connectivity index (χ4v) is 6.04. The summed E-state index contributed by atoms with van der Waals surface area (Å²) in [6.45, 7) is 4.48. The Bertz CT molecular complexity index is 710. The van der Waals surface area contributed by atoms with Gasteiger partial charge in [-0.25, -0.2) is 0 Å². The van der Waals surface area contributed by atoms with E-state index in [1.165, 1.54) is 28.1 Å². The predicted molar refractivity (Wildman–Crippen MR) is 82.9 cm³/mol. The Morgan fingerprint density at radius 3 is 2.05 bits per heavy atom. The molecule has 0 bridgehead atoms. The van der Waals surface area contributed by atoms with Crippen molar-refractivity contribution in [1.29, 1.82) is 0 Å². The normalized spacial score (nSPS) is 16.5. The van der Waals surface area contributed by atoms with E-state index in [1.807, 2.05) is 12.1 Å². The van der Waals surface area contributed by atoms with Crippen molar-refractivity contribution in [1.82, 2.24) is 0 Å². The average Bonchev–Trinajstić information content (AvgIpc) is 2.70. The lowest BCUT2D eigenvalue weighted by molar-refractivity contribution is -0.137. The Morgan fingerprint density at radius 2 is 1.48 bits per heavy atom. The molecule has 0 atom stereocenters. The van der Waals surface area contributed by atoms with E-state index in [-0.39, 0.29) is 0 Å². The van der Waals surface area contributed by atoms with E-state index < -0.39 is 19.8 Å². The second-order valence-electron chi connectivity index (χ2n) is 5.85. The van der Waals surface area contributed by atoms with Crippen molar-refractivity contribution in [2.75, 3.05) is 0 Å². The van der Waals surface area contributed by atoms with Crippen LogP contribution in [0.1, 0.15) is 16.7 Å². The Labute approximate surface area is 122 Å². The molecule has 2 aromatic rings. The molecule has 0 saturated heterocycles. The van der Waals surface area contributed by atoms with E-state index in [1.54, 1.807) is 12.1 Å². The SMILES string of the molecule is C[Si]1(C)C(c2ccc(C(F)(F)F)cc2)=Cc2ccccc21. The van der Waals surface area contributed by atoms with Gasteiger partial charge in [-0.15, -0.1) is 0 Å². The van der Waals surface area contributed by atoms with Crippen molar-refractivity contribution >= 4 is 24.5 Å². The highest BCUT2D eigenvalue weighted by Gasteiger charge is 2.36. The maximum absolute atomic E-state index is 12.7. The number of fused-ring (bicyclic) bond motifs is 1. The van der Waals surface area contributed by atoms with Crippen LogP contribution in [0, 0.1) is 0 Å². The van der Waals surface area contributed by atoms with Crippen LogP contribution in [0.3, 0.4) is 0 Å². The molecule has 0 aromatic heterocycles. The van der Waals surface area contributed by atoms with Crippen molar-refractivity contribution in [3.8, 4) is 0 Å². The van der Waals surface area contributed by atoms with Gasteiger partial charge in [0.15, 0.2) is 0 Å². The Balaban J connectivity index is 2.03. The van der Waals surface area contributed by atoms with Gasteiger partial charge in [0.1, 0.15) is 8.07 Å². The van der Waals surface area contributed by atoms with E-state index >= 15 is 0 Å². The number of hydrogen-bond acceptors (Lipinski definition) is 0. The molecule has 21 heavy (non-hydrogen) atoms. The first kappa shape index (κ1) is 14.1. The van der Waals surface area contributed by atoms with Crippen LogP contribution < -0.4 is 5.19 Å². The van der Waals surface area contributed by atoms with Crippen LogP contribution in [0.5, 0.6) is 0 Å². The summed E-state index contributed by atoms with van der Waals surface area (Å²) in [4.78, 5) is 0. The molecule has 1 aliphatic heterocycles. The highest BCUT2D eigenvalue weighted by atomic mass is 28.3. The van der Waals surface area contributed by atoms with Crippen LogP contribution in [0.4, 0.5) is 13.2 Å². The molecule has 0 radical (unpaired) electrons. The van der Waals surface area contributed by atoms with Gasteiger partial charge in [0.2, 0.25) is 0 Å². The molecular formula is C17H15F3Si. The number of alkyl halides is 3. The lowest BCUT2D eigenvalue weighted by atomic mass is 10.1. The molecule has 3 rings (SSSR count). The molecule has 4 heteroatoms. The fraction of sp³-hybridized carbons (Fsp3) is 0.176. The molecule has 108 valence electrons. The zero-order valence-corrected chi connectivity index (χ0v) is 12.8. The first-order chi connectivity index (χ1) is 9.80. The lowest BCUT2D eigenvalue weighted by Gasteiger charge is -2.22. The van der Waals surface area contributed by atoms with E-state index in [9.17, 15) is 13.2 Å². The third-order valence-electron chi connectivity index (χ3n) is 4.13. The van der Waals surface area contributed by atoms with Gasteiger partial charge < -0.3 is 0 Å². The average molecular weight is 304 g/mol. The topological polar surface area (TPSA) is 0 Å². The second-order valence-corrected chi connectivity index (χ2v) is 10.2. The van der Waals surface area contributed by atoms with Crippen LogP contribution in [0.15, 0.2) is 48.5 Å². The first-order valence-corrected chi connectivity index (χ1v) is 9.79. The molecule has 0 nitrogen and oxygen atoms in total. The van der Waals surface area contributed by atoms with Crippen LogP contribution in [-0.4, -0.2) is 8.07 Å². The number of rotatable bonds is 1. The van der Waals surface area contributed by atoms with Gasteiger partial charge >= 0.3 is 6.18 Å². The van der Waals surface area contributed by atoms with Gasteiger partial charge in [0.25, 0.3) is 0 Å². The van der Waals surface area contributed by atoms with Gasteiger partial charge in [-0.3, -0.25) is 0 Å². The highest BCUT2D eigenvalue weighted by molar-refractivity contribution is 7.07. The molecule has 1 heterocycles. The minimum Gasteiger partial charge on any atom is -0.166 e. The zero-order valence-electron chi connectivity index (χ0n) is 11.8. The van der Waals surface area contributed by atoms with E-state index in [4.69, 9.17) is 0 Å². The van der Waals surface area contributed by atoms with Crippen molar-refractivity contribution in [3.63, 3.8) is 0 Å². The molecule has 0 fully saturated rings. The minimum atomic E-state index is -4.28. The van der Waals surface area contributed by atoms with Crippen LogP contribution in [0.25, 0.3) is 11.3 Å². The van der Waals surface area contributed by atoms with Gasteiger partial charge in [0.05, 0.1) is 5.56 Å². The summed E-state index contributed by atoms with van der Waals surface area (Å²) < 4.78 is 38.0. The van der Waals surface area contributed by atoms with Gasteiger partial charge in [-0.2, -0.15) is 13.2 Å². The third kappa shape index (κ3) is 2.33. The Kier molecular flexibility index (Phi) is 3.09. The highest BCUT2D eigenvalue weighted by Crippen LogP contribution is 2.36. The number of hydrogen-bond donors (Lipinski definition) is 0. The summed E-state index contributed by atoms with van der Waals surface area (Å²) in [5, 5.41) is 2.54. The zero-order chi connectivity index (χ0) is 15.3. The largest absolute Gasteiger partial charge is 0.416 e. The summed E-state index contributed by atoms with van der Waals surface area (Å²) in [5.74, 6) is 0. The maximum atomic E-state index is 12.7. The Morgan fingerprint density at radius 1 is 0.857 bits per heavy atom. The molecule has 1 aliphatic rings. The summed E-state index contributed by atoms with van der Waals surface area (Å²) in [6.07, 6.45) is -2.15. The summed E-state index contributed by atoms with van der Waals surface area (Å²) >= 11 is 0. The third-order valence-corrected chi connectivity index (χ3v) is 7.71. The van der Waals surface area contributed by atoms with Gasteiger partial charge in [-0.1, -0.05) is 55.6 Å². The molecule has 0 spiro atoms. The molecule has 0 N–H and O–H groups in total. The van der Waals surface area contributed by atoms with Crippen LogP contribution in [0.2, 0.25) is 13.1 Å². The van der Waals surface area contributed by atoms with Crippen molar-refractivity contribution < 1.29 is 13.2 Å². The van der Waals surface area contributed by atoms with Gasteiger partial charge in [0, 0.05) is 0 Å². The molecule has 0 amide bonds. The van der Waals surface area contributed by atoms with E-state index in [0.717, 1.165) is 5.56 Å². The molecule has 0 aliphatic carbocycles. The van der Waals surface area contributed by atoms with Gasteiger partial charge in [-0.05, 0) is 33.6 Å². The second kappa shape index (κ2) is 4.60. The summed E-state index contributed by atoms with van der Waals surface area (Å²) in [6, 6.07) is 13.8. The standard InChI is InChI=1S/C17H15F3Si/c1-21(2)15-6-4-3-5-13(15)11-16(21)12-7-9-14(10-8-12)17(18,19)20/h3-11H,1-2H3. The molecule has 2 aromatic carbocycles. The fourth-order valence-electron chi connectivity index (χ4n) is 2.96. The smallest absolute Gasteiger partial charge is 0.166 e. The van der Waals surface area contributed by atoms with Crippen LogP contribution in [-0.2, 0) is 6.18 Å². The first-order valence-electron chi connectivity index (χ1n) is 6.79. The minimum absolute atomic E-state index is 0.596. The van der Waals surface area contributed by atoms with Crippen molar-refractivity contribution in [3.05, 3.63) is 65.2 Å². The van der Waals surface area contributed by atoms with Crippen molar-refractivity contribution in [2.24, 2.45) is 0 Å².